The number of hydrogen-bond acceptors (Lipinski definition) is 6. The van der Waals surface area contributed by atoms with Crippen molar-refractivity contribution in [2.24, 2.45) is 5.73 Å². The lowest BCUT2D eigenvalue weighted by Gasteiger charge is -2.08. The van der Waals surface area contributed by atoms with E-state index in [1.807, 2.05) is 0 Å². The molecule has 0 aromatic carbocycles. The summed E-state index contributed by atoms with van der Waals surface area (Å²) in [6, 6.07) is 0. The van der Waals surface area contributed by atoms with Crippen molar-refractivity contribution in [2.45, 2.75) is 13.0 Å². The van der Waals surface area contributed by atoms with Crippen LogP contribution in [-0.2, 0) is 16.0 Å². The van der Waals surface area contributed by atoms with E-state index in [2.05, 4.69) is 9.97 Å². The van der Waals surface area contributed by atoms with Crippen molar-refractivity contribution in [3.63, 3.8) is 0 Å². The number of nitrogens with two attached hydrogens (primary N) is 1. The zero-order valence-electron chi connectivity index (χ0n) is 10.1. The second kappa shape index (κ2) is 8.86. The molecule has 0 unspecified atom stereocenters. The first-order chi connectivity index (χ1) is 8.38. The van der Waals surface area contributed by atoms with Gasteiger partial charge in [-0.3, -0.25) is 4.98 Å². The second-order valence-corrected chi connectivity index (χ2v) is 3.32. The summed E-state index contributed by atoms with van der Waals surface area (Å²) in [5, 5.41) is 0. The standard InChI is InChI=1S/C11H19N3O3/c1-15-7-8-16-5-2-6-17-11-10(9-12)13-3-4-14-11/h3-4H,2,5-9,12H2,1H3. The van der Waals surface area contributed by atoms with Gasteiger partial charge in [-0.2, -0.15) is 0 Å². The quantitative estimate of drug-likeness (QED) is 0.629. The fourth-order valence-electron chi connectivity index (χ4n) is 1.19. The Morgan fingerprint density at radius 1 is 1.12 bits per heavy atom. The molecular formula is C11H19N3O3. The molecule has 96 valence electrons. The molecule has 1 rings (SSSR count). The predicted molar refractivity (Wildman–Crippen MR) is 62.7 cm³/mol. The molecule has 0 atom stereocenters. The van der Waals surface area contributed by atoms with E-state index in [-0.39, 0.29) is 0 Å². The van der Waals surface area contributed by atoms with E-state index in [4.69, 9.17) is 19.9 Å². The molecule has 0 spiro atoms. The molecule has 2 N–H and O–H groups in total. The minimum absolute atomic E-state index is 0.327. The Balaban J connectivity index is 2.13. The van der Waals surface area contributed by atoms with Crippen LogP contribution in [0, 0.1) is 0 Å². The van der Waals surface area contributed by atoms with Gasteiger partial charge in [-0.1, -0.05) is 0 Å². The van der Waals surface area contributed by atoms with E-state index < -0.39 is 0 Å². The van der Waals surface area contributed by atoms with E-state index in [9.17, 15) is 0 Å². The van der Waals surface area contributed by atoms with Gasteiger partial charge >= 0.3 is 0 Å². The maximum Gasteiger partial charge on any atom is 0.236 e. The van der Waals surface area contributed by atoms with Crippen LogP contribution in [0.15, 0.2) is 12.4 Å². The summed E-state index contributed by atoms with van der Waals surface area (Å²) in [6.07, 6.45) is 3.98. The summed E-state index contributed by atoms with van der Waals surface area (Å²) in [5.74, 6) is 0.506. The summed E-state index contributed by atoms with van der Waals surface area (Å²) >= 11 is 0. The Kier molecular flexibility index (Phi) is 7.20. The average Bonchev–Trinajstić information content (AvgIpc) is 2.38. The molecule has 6 nitrogen and oxygen atoms in total. The SMILES string of the molecule is COCCOCCCOc1nccnc1CN. The molecular weight excluding hydrogens is 222 g/mol. The van der Waals surface area contributed by atoms with Gasteiger partial charge in [0.2, 0.25) is 5.88 Å². The third-order valence-electron chi connectivity index (χ3n) is 2.03. The molecule has 0 saturated heterocycles. The molecule has 1 aromatic rings. The highest BCUT2D eigenvalue weighted by molar-refractivity contribution is 5.16. The van der Waals surface area contributed by atoms with Crippen LogP contribution in [0.4, 0.5) is 0 Å². The molecule has 0 amide bonds. The highest BCUT2D eigenvalue weighted by Crippen LogP contribution is 2.10. The molecule has 0 radical (unpaired) electrons. The smallest absolute Gasteiger partial charge is 0.236 e. The van der Waals surface area contributed by atoms with Crippen molar-refractivity contribution in [1.82, 2.24) is 9.97 Å². The summed E-state index contributed by atoms with van der Waals surface area (Å²) in [7, 11) is 1.65. The third kappa shape index (κ3) is 5.58. The summed E-state index contributed by atoms with van der Waals surface area (Å²) in [6.45, 7) is 2.73. The minimum Gasteiger partial charge on any atom is -0.476 e. The van der Waals surface area contributed by atoms with Crippen LogP contribution in [0.2, 0.25) is 0 Å². The molecule has 6 heteroatoms. The number of nitrogens with zero attached hydrogens (tertiary/aromatic N) is 2. The normalized spacial score (nSPS) is 10.5. The van der Waals surface area contributed by atoms with Crippen LogP contribution in [0.25, 0.3) is 0 Å². The van der Waals surface area contributed by atoms with Gasteiger partial charge in [-0.15, -0.1) is 0 Å². The number of methoxy groups -OCH3 is 1. The first-order valence-electron chi connectivity index (χ1n) is 5.58. The monoisotopic (exact) mass is 241 g/mol. The summed E-state index contributed by atoms with van der Waals surface area (Å²) < 4.78 is 15.6. The van der Waals surface area contributed by atoms with Crippen LogP contribution < -0.4 is 10.5 Å². The fraction of sp³-hybridized carbons (Fsp3) is 0.636. The number of rotatable bonds is 9. The van der Waals surface area contributed by atoms with Crippen LogP contribution in [0.5, 0.6) is 5.88 Å². The van der Waals surface area contributed by atoms with Crippen molar-refractivity contribution >= 4 is 0 Å². The first kappa shape index (κ1) is 13.8. The molecule has 1 aromatic heterocycles. The Labute approximate surface area is 101 Å². The zero-order valence-corrected chi connectivity index (χ0v) is 10.1. The van der Waals surface area contributed by atoms with Crippen LogP contribution in [0.1, 0.15) is 12.1 Å². The number of hydrogen-bond donors (Lipinski definition) is 1. The van der Waals surface area contributed by atoms with E-state index in [1.54, 1.807) is 19.5 Å². The van der Waals surface area contributed by atoms with E-state index in [1.165, 1.54) is 0 Å². The molecule has 0 aliphatic carbocycles. The first-order valence-corrected chi connectivity index (χ1v) is 5.58. The zero-order chi connectivity index (χ0) is 12.3. The summed E-state index contributed by atoms with van der Waals surface area (Å²) in [5.41, 5.74) is 6.19. The predicted octanol–water partition coefficient (Wildman–Crippen LogP) is 0.367. The maximum absolute atomic E-state index is 5.51. The molecule has 1 heterocycles. The molecule has 0 aliphatic rings. The van der Waals surface area contributed by atoms with Crippen LogP contribution in [-0.4, -0.2) is 43.5 Å². The van der Waals surface area contributed by atoms with Crippen molar-refractivity contribution in [1.29, 1.82) is 0 Å². The van der Waals surface area contributed by atoms with Gasteiger partial charge in [0.1, 0.15) is 5.69 Å². The Bertz CT molecular complexity index is 310. The van der Waals surface area contributed by atoms with Crippen molar-refractivity contribution < 1.29 is 14.2 Å². The Morgan fingerprint density at radius 2 is 1.94 bits per heavy atom. The minimum atomic E-state index is 0.327. The maximum atomic E-state index is 5.51. The second-order valence-electron chi connectivity index (χ2n) is 3.32. The number of ether oxygens (including phenoxy) is 3. The van der Waals surface area contributed by atoms with Gasteiger partial charge in [0.05, 0.1) is 19.8 Å². The van der Waals surface area contributed by atoms with Gasteiger partial charge in [0.15, 0.2) is 0 Å². The highest BCUT2D eigenvalue weighted by Gasteiger charge is 2.03. The van der Waals surface area contributed by atoms with Crippen molar-refractivity contribution in [2.75, 3.05) is 33.5 Å². The van der Waals surface area contributed by atoms with Crippen LogP contribution in [0.3, 0.4) is 0 Å². The molecule has 0 saturated carbocycles. The lowest BCUT2D eigenvalue weighted by Crippen LogP contribution is -2.10. The lowest BCUT2D eigenvalue weighted by atomic mass is 10.4. The van der Waals surface area contributed by atoms with Crippen molar-refractivity contribution in [3.05, 3.63) is 18.1 Å². The molecule has 0 aliphatic heterocycles. The van der Waals surface area contributed by atoms with Crippen molar-refractivity contribution in [3.8, 4) is 5.88 Å². The Morgan fingerprint density at radius 3 is 2.71 bits per heavy atom. The van der Waals surface area contributed by atoms with E-state index in [0.717, 1.165) is 6.42 Å². The van der Waals surface area contributed by atoms with Gasteiger partial charge in [0, 0.05) is 39.1 Å². The topological polar surface area (TPSA) is 79.5 Å². The van der Waals surface area contributed by atoms with E-state index in [0.29, 0.717) is 44.5 Å². The van der Waals surface area contributed by atoms with Gasteiger partial charge in [0.25, 0.3) is 0 Å². The summed E-state index contributed by atoms with van der Waals surface area (Å²) in [4.78, 5) is 8.15. The highest BCUT2D eigenvalue weighted by atomic mass is 16.5. The van der Waals surface area contributed by atoms with E-state index >= 15 is 0 Å². The Hall–Kier alpha value is -1.24. The number of aromatic nitrogens is 2. The fourth-order valence-corrected chi connectivity index (χ4v) is 1.19. The van der Waals surface area contributed by atoms with Gasteiger partial charge in [-0.25, -0.2) is 4.98 Å². The van der Waals surface area contributed by atoms with Gasteiger partial charge in [-0.05, 0) is 0 Å². The van der Waals surface area contributed by atoms with Gasteiger partial charge < -0.3 is 19.9 Å². The third-order valence-corrected chi connectivity index (χ3v) is 2.03. The molecule has 0 fully saturated rings. The lowest BCUT2D eigenvalue weighted by molar-refractivity contribution is 0.0641. The largest absolute Gasteiger partial charge is 0.476 e. The molecule has 17 heavy (non-hydrogen) atoms. The average molecular weight is 241 g/mol. The molecule has 0 bridgehead atoms. The van der Waals surface area contributed by atoms with Crippen LogP contribution >= 0.6 is 0 Å².